The summed E-state index contributed by atoms with van der Waals surface area (Å²) in [6, 6.07) is 0. The van der Waals surface area contributed by atoms with Crippen molar-refractivity contribution in [3.63, 3.8) is 0 Å². The van der Waals surface area contributed by atoms with Crippen LogP contribution in [0.15, 0.2) is 0 Å². The second-order valence-electron chi connectivity index (χ2n) is 7.76. The Labute approximate surface area is 126 Å². The molecule has 3 nitrogen and oxygen atoms in total. The largest absolute Gasteiger partial charge is 0.314 e. The molecule has 0 amide bonds. The standard InChI is InChI=1S/C17H35N3/c1-15(2)16-6-5-10-19(11-7-16)14-17(3,4)20-12-8-18-9-13-20/h15-16,18H,5-14H2,1-4H3. The van der Waals surface area contributed by atoms with Gasteiger partial charge in [0.1, 0.15) is 0 Å². The van der Waals surface area contributed by atoms with Gasteiger partial charge in [0, 0.05) is 38.3 Å². The molecular formula is C17H35N3. The van der Waals surface area contributed by atoms with Gasteiger partial charge in [-0.25, -0.2) is 0 Å². The van der Waals surface area contributed by atoms with Gasteiger partial charge in [0.2, 0.25) is 0 Å². The van der Waals surface area contributed by atoms with Crippen molar-refractivity contribution in [3.8, 4) is 0 Å². The fourth-order valence-corrected chi connectivity index (χ4v) is 3.92. The van der Waals surface area contributed by atoms with E-state index in [1.165, 1.54) is 52.0 Å². The smallest absolute Gasteiger partial charge is 0.0281 e. The number of nitrogens with zero attached hydrogens (tertiary/aromatic N) is 2. The molecule has 3 heteroatoms. The Morgan fingerprint density at radius 3 is 2.40 bits per heavy atom. The first-order valence-electron chi connectivity index (χ1n) is 8.67. The van der Waals surface area contributed by atoms with E-state index in [1.807, 2.05) is 0 Å². The normalized spacial score (nSPS) is 27.8. The maximum absolute atomic E-state index is 3.46. The zero-order chi connectivity index (χ0) is 14.6. The van der Waals surface area contributed by atoms with Crippen molar-refractivity contribution in [2.45, 2.75) is 52.5 Å². The molecule has 2 aliphatic rings. The molecule has 1 N–H and O–H groups in total. The zero-order valence-corrected chi connectivity index (χ0v) is 14.1. The molecule has 1 atom stereocenters. The van der Waals surface area contributed by atoms with Crippen molar-refractivity contribution in [1.82, 2.24) is 15.1 Å². The molecule has 2 heterocycles. The molecule has 118 valence electrons. The molecule has 20 heavy (non-hydrogen) atoms. The Morgan fingerprint density at radius 1 is 1.05 bits per heavy atom. The van der Waals surface area contributed by atoms with E-state index < -0.39 is 0 Å². The van der Waals surface area contributed by atoms with Gasteiger partial charge in [0.15, 0.2) is 0 Å². The maximum atomic E-state index is 3.46. The lowest BCUT2D eigenvalue weighted by Crippen LogP contribution is -2.57. The second-order valence-corrected chi connectivity index (χ2v) is 7.76. The number of nitrogens with one attached hydrogen (secondary N) is 1. The lowest BCUT2D eigenvalue weighted by atomic mass is 9.89. The Bertz CT molecular complexity index is 282. The summed E-state index contributed by atoms with van der Waals surface area (Å²) in [4.78, 5) is 5.40. The second kappa shape index (κ2) is 7.24. The topological polar surface area (TPSA) is 18.5 Å². The maximum Gasteiger partial charge on any atom is 0.0281 e. The van der Waals surface area contributed by atoms with Crippen molar-refractivity contribution in [2.24, 2.45) is 11.8 Å². The third-order valence-corrected chi connectivity index (χ3v) is 5.39. The number of hydrogen-bond donors (Lipinski definition) is 1. The van der Waals surface area contributed by atoms with E-state index in [0.717, 1.165) is 24.9 Å². The Kier molecular flexibility index (Phi) is 5.88. The highest BCUT2D eigenvalue weighted by Crippen LogP contribution is 2.26. The molecule has 2 saturated heterocycles. The minimum Gasteiger partial charge on any atom is -0.314 e. The van der Waals surface area contributed by atoms with Crippen LogP contribution in [0.5, 0.6) is 0 Å². The average Bonchev–Trinajstić information content (AvgIpc) is 2.65. The molecule has 2 rings (SSSR count). The van der Waals surface area contributed by atoms with Gasteiger partial charge in [-0.1, -0.05) is 13.8 Å². The average molecular weight is 281 g/mol. The number of piperazine rings is 1. The summed E-state index contributed by atoms with van der Waals surface area (Å²) in [5.74, 6) is 1.80. The van der Waals surface area contributed by atoms with Crippen LogP contribution in [0.1, 0.15) is 47.0 Å². The van der Waals surface area contributed by atoms with Crippen LogP contribution in [0.3, 0.4) is 0 Å². The van der Waals surface area contributed by atoms with Crippen LogP contribution >= 0.6 is 0 Å². The lowest BCUT2D eigenvalue weighted by Gasteiger charge is -2.43. The number of rotatable bonds is 4. The predicted octanol–water partition coefficient (Wildman–Crippen LogP) is 2.43. The van der Waals surface area contributed by atoms with Gasteiger partial charge in [0.05, 0.1) is 0 Å². The highest BCUT2D eigenvalue weighted by Gasteiger charge is 2.30. The van der Waals surface area contributed by atoms with E-state index in [-0.39, 0.29) is 0 Å². The molecule has 1 unspecified atom stereocenters. The minimum atomic E-state index is 0.319. The van der Waals surface area contributed by atoms with Crippen LogP contribution in [0.4, 0.5) is 0 Å². The molecular weight excluding hydrogens is 246 g/mol. The Hall–Kier alpha value is -0.120. The first kappa shape index (κ1) is 16.3. The summed E-state index contributed by atoms with van der Waals surface area (Å²) in [6.45, 7) is 18.2. The summed E-state index contributed by atoms with van der Waals surface area (Å²) >= 11 is 0. The van der Waals surface area contributed by atoms with Crippen LogP contribution in [-0.2, 0) is 0 Å². The van der Waals surface area contributed by atoms with Crippen molar-refractivity contribution in [1.29, 1.82) is 0 Å². The van der Waals surface area contributed by atoms with Gasteiger partial charge in [-0.05, 0) is 58.0 Å². The van der Waals surface area contributed by atoms with Crippen LogP contribution in [0.2, 0.25) is 0 Å². The van der Waals surface area contributed by atoms with Crippen LogP contribution in [0, 0.1) is 11.8 Å². The molecule has 0 saturated carbocycles. The van der Waals surface area contributed by atoms with E-state index in [4.69, 9.17) is 0 Å². The van der Waals surface area contributed by atoms with Crippen molar-refractivity contribution >= 4 is 0 Å². The molecule has 0 bridgehead atoms. The van der Waals surface area contributed by atoms with E-state index in [9.17, 15) is 0 Å². The molecule has 0 aliphatic carbocycles. The molecule has 0 aromatic heterocycles. The molecule has 0 aromatic rings. The minimum absolute atomic E-state index is 0.319. The first-order valence-corrected chi connectivity index (χ1v) is 8.67. The summed E-state index contributed by atoms with van der Waals surface area (Å²) in [5.41, 5.74) is 0.319. The summed E-state index contributed by atoms with van der Waals surface area (Å²) in [7, 11) is 0. The van der Waals surface area contributed by atoms with Crippen LogP contribution in [-0.4, -0.2) is 61.2 Å². The zero-order valence-electron chi connectivity index (χ0n) is 14.1. The van der Waals surface area contributed by atoms with Gasteiger partial charge >= 0.3 is 0 Å². The fourth-order valence-electron chi connectivity index (χ4n) is 3.92. The van der Waals surface area contributed by atoms with Crippen LogP contribution in [0.25, 0.3) is 0 Å². The summed E-state index contributed by atoms with van der Waals surface area (Å²) in [5, 5.41) is 3.46. The Balaban J connectivity index is 1.85. The number of hydrogen-bond acceptors (Lipinski definition) is 3. The number of likely N-dealkylation sites (tertiary alicyclic amines) is 1. The van der Waals surface area contributed by atoms with E-state index in [2.05, 4.69) is 42.8 Å². The predicted molar refractivity (Wildman–Crippen MR) is 87.1 cm³/mol. The van der Waals surface area contributed by atoms with Gasteiger partial charge in [-0.3, -0.25) is 4.90 Å². The monoisotopic (exact) mass is 281 g/mol. The lowest BCUT2D eigenvalue weighted by molar-refractivity contribution is 0.0637. The van der Waals surface area contributed by atoms with E-state index in [0.29, 0.717) is 5.54 Å². The van der Waals surface area contributed by atoms with Gasteiger partial charge < -0.3 is 10.2 Å². The van der Waals surface area contributed by atoms with Crippen molar-refractivity contribution in [2.75, 3.05) is 45.8 Å². The van der Waals surface area contributed by atoms with Crippen molar-refractivity contribution < 1.29 is 0 Å². The van der Waals surface area contributed by atoms with Crippen molar-refractivity contribution in [3.05, 3.63) is 0 Å². The highest BCUT2D eigenvalue weighted by molar-refractivity contribution is 4.88. The third-order valence-electron chi connectivity index (χ3n) is 5.39. The SMILES string of the molecule is CC(C)C1CCCN(CC(C)(C)N2CCNCC2)CC1. The molecule has 2 aliphatic heterocycles. The van der Waals surface area contributed by atoms with E-state index in [1.54, 1.807) is 0 Å². The quantitative estimate of drug-likeness (QED) is 0.854. The Morgan fingerprint density at radius 2 is 1.75 bits per heavy atom. The van der Waals surface area contributed by atoms with Gasteiger partial charge in [0.25, 0.3) is 0 Å². The van der Waals surface area contributed by atoms with Gasteiger partial charge in [-0.2, -0.15) is 0 Å². The molecule has 0 spiro atoms. The fraction of sp³-hybridized carbons (Fsp3) is 1.00. The third kappa shape index (κ3) is 4.44. The molecule has 2 fully saturated rings. The highest BCUT2D eigenvalue weighted by atomic mass is 15.3. The summed E-state index contributed by atoms with van der Waals surface area (Å²) < 4.78 is 0. The van der Waals surface area contributed by atoms with Gasteiger partial charge in [-0.15, -0.1) is 0 Å². The molecule has 0 aromatic carbocycles. The van der Waals surface area contributed by atoms with Crippen LogP contribution < -0.4 is 5.32 Å². The van der Waals surface area contributed by atoms with E-state index >= 15 is 0 Å². The molecule has 0 radical (unpaired) electrons. The first-order chi connectivity index (χ1) is 9.49. The summed E-state index contributed by atoms with van der Waals surface area (Å²) in [6.07, 6.45) is 4.22.